The fraction of sp³-hybridized carbons (Fsp3) is 0.579. The quantitative estimate of drug-likeness (QED) is 0.690. The van der Waals surface area contributed by atoms with Gasteiger partial charge in [0.1, 0.15) is 5.82 Å². The first kappa shape index (κ1) is 19.8. The topological polar surface area (TPSA) is 75.5 Å². The third-order valence-electron chi connectivity index (χ3n) is 5.08. The number of sulfonamides is 1. The van der Waals surface area contributed by atoms with Crippen molar-refractivity contribution in [1.29, 1.82) is 0 Å². The van der Waals surface area contributed by atoms with Crippen LogP contribution in [0.3, 0.4) is 0 Å². The highest BCUT2D eigenvalue weighted by atomic mass is 32.2. The summed E-state index contributed by atoms with van der Waals surface area (Å²) in [5, 5.41) is 0. The number of benzene rings is 1. The zero-order chi connectivity index (χ0) is 19.6. The van der Waals surface area contributed by atoms with Crippen LogP contribution in [0.25, 0.3) is 11.0 Å². The Balaban J connectivity index is 1.92. The highest BCUT2D eigenvalue weighted by Gasteiger charge is 2.22. The summed E-state index contributed by atoms with van der Waals surface area (Å²) in [6.45, 7) is 4.67. The van der Waals surface area contributed by atoms with E-state index in [9.17, 15) is 13.2 Å². The van der Waals surface area contributed by atoms with E-state index in [-0.39, 0.29) is 10.8 Å². The van der Waals surface area contributed by atoms with Crippen LogP contribution < -0.4 is 0 Å². The summed E-state index contributed by atoms with van der Waals surface area (Å²) in [5.41, 5.74) is 1.59. The van der Waals surface area contributed by atoms with Crippen LogP contribution in [0.1, 0.15) is 38.4 Å². The van der Waals surface area contributed by atoms with E-state index in [0.29, 0.717) is 18.4 Å². The van der Waals surface area contributed by atoms with Crippen molar-refractivity contribution in [1.82, 2.24) is 18.8 Å². The standard InChI is InChI=1S/C19H28N4O3S/c1-4-5-13-23-17-8-7-15(27(25,26)21(2)3)14-16(17)20-18(23)9-10-19(24)22-11-6-12-22/h7-8,14H,4-6,9-13H2,1-3H3. The molecule has 0 N–H and O–H groups in total. The van der Waals surface area contributed by atoms with Crippen LogP contribution >= 0.6 is 0 Å². The molecule has 3 rings (SSSR count). The van der Waals surface area contributed by atoms with Gasteiger partial charge in [0, 0.05) is 46.6 Å². The Bertz CT molecular complexity index is 930. The van der Waals surface area contributed by atoms with Gasteiger partial charge in [0.15, 0.2) is 0 Å². The first-order chi connectivity index (χ1) is 12.8. The number of fused-ring (bicyclic) bond motifs is 1. The average molecular weight is 393 g/mol. The number of rotatable bonds is 8. The van der Waals surface area contributed by atoms with Gasteiger partial charge < -0.3 is 9.47 Å². The predicted molar refractivity (Wildman–Crippen MR) is 105 cm³/mol. The molecule has 0 radical (unpaired) electrons. The van der Waals surface area contributed by atoms with E-state index in [0.717, 1.165) is 50.2 Å². The maximum Gasteiger partial charge on any atom is 0.242 e. The third kappa shape index (κ3) is 4.01. The molecular weight excluding hydrogens is 364 g/mol. The van der Waals surface area contributed by atoms with Crippen molar-refractivity contribution in [2.75, 3.05) is 27.2 Å². The molecule has 1 amide bonds. The molecule has 148 valence electrons. The molecule has 1 aromatic carbocycles. The van der Waals surface area contributed by atoms with Gasteiger partial charge in [0.2, 0.25) is 15.9 Å². The van der Waals surface area contributed by atoms with E-state index in [4.69, 9.17) is 0 Å². The summed E-state index contributed by atoms with van der Waals surface area (Å²) < 4.78 is 28.2. The lowest BCUT2D eigenvalue weighted by Gasteiger charge is -2.30. The van der Waals surface area contributed by atoms with Crippen LogP contribution in [0, 0.1) is 0 Å². The van der Waals surface area contributed by atoms with Gasteiger partial charge in [0.25, 0.3) is 0 Å². The first-order valence-corrected chi connectivity index (χ1v) is 11.0. The van der Waals surface area contributed by atoms with Crippen molar-refractivity contribution in [2.45, 2.75) is 50.5 Å². The molecular formula is C19H28N4O3S. The van der Waals surface area contributed by atoms with E-state index in [1.807, 2.05) is 11.0 Å². The monoisotopic (exact) mass is 392 g/mol. The molecule has 1 saturated heterocycles. The fourth-order valence-corrected chi connectivity index (χ4v) is 4.15. The maximum atomic E-state index is 12.4. The number of aromatic nitrogens is 2. The normalized spacial score (nSPS) is 14.7. The molecule has 2 heterocycles. The molecule has 7 nitrogen and oxygen atoms in total. The molecule has 1 aliphatic rings. The van der Waals surface area contributed by atoms with Crippen LogP contribution in [-0.2, 0) is 27.8 Å². The number of imidazole rings is 1. The van der Waals surface area contributed by atoms with Crippen molar-refractivity contribution in [3.05, 3.63) is 24.0 Å². The van der Waals surface area contributed by atoms with E-state index in [2.05, 4.69) is 16.5 Å². The Hall–Kier alpha value is -1.93. The number of hydrogen-bond acceptors (Lipinski definition) is 4. The highest BCUT2D eigenvalue weighted by molar-refractivity contribution is 7.89. The first-order valence-electron chi connectivity index (χ1n) is 9.54. The average Bonchev–Trinajstić information content (AvgIpc) is 2.93. The van der Waals surface area contributed by atoms with Gasteiger partial charge in [-0.1, -0.05) is 13.3 Å². The molecule has 8 heteroatoms. The number of carbonyl (C=O) groups is 1. The Morgan fingerprint density at radius 3 is 2.59 bits per heavy atom. The number of amides is 1. The minimum Gasteiger partial charge on any atom is -0.343 e. The second-order valence-electron chi connectivity index (χ2n) is 7.21. The summed E-state index contributed by atoms with van der Waals surface area (Å²) in [4.78, 5) is 19.0. The Morgan fingerprint density at radius 2 is 2.00 bits per heavy atom. The summed E-state index contributed by atoms with van der Waals surface area (Å²) in [7, 11) is -0.458. The molecule has 0 bridgehead atoms. The second-order valence-corrected chi connectivity index (χ2v) is 9.36. The molecule has 0 atom stereocenters. The van der Waals surface area contributed by atoms with Crippen molar-refractivity contribution in [2.24, 2.45) is 0 Å². The fourth-order valence-electron chi connectivity index (χ4n) is 3.23. The van der Waals surface area contributed by atoms with Crippen LogP contribution in [-0.4, -0.2) is 60.3 Å². The van der Waals surface area contributed by atoms with Crippen LogP contribution in [0.4, 0.5) is 0 Å². The van der Waals surface area contributed by atoms with Gasteiger partial charge in [-0.05, 0) is 31.0 Å². The Morgan fingerprint density at radius 1 is 1.26 bits per heavy atom. The lowest BCUT2D eigenvalue weighted by atomic mass is 10.2. The third-order valence-corrected chi connectivity index (χ3v) is 6.89. The van der Waals surface area contributed by atoms with Crippen molar-refractivity contribution in [3.8, 4) is 0 Å². The van der Waals surface area contributed by atoms with E-state index in [1.165, 1.54) is 18.4 Å². The molecule has 0 unspecified atom stereocenters. The lowest BCUT2D eigenvalue weighted by molar-refractivity contribution is -0.134. The minimum atomic E-state index is -3.50. The molecule has 1 fully saturated rings. The summed E-state index contributed by atoms with van der Waals surface area (Å²) in [5.74, 6) is 1.03. The van der Waals surface area contributed by atoms with Crippen LogP contribution in [0.2, 0.25) is 0 Å². The van der Waals surface area contributed by atoms with Crippen LogP contribution in [0.5, 0.6) is 0 Å². The molecule has 2 aromatic rings. The lowest BCUT2D eigenvalue weighted by Crippen LogP contribution is -2.42. The SMILES string of the molecule is CCCCn1c(CCC(=O)N2CCC2)nc2cc(S(=O)(=O)N(C)C)ccc21. The number of unbranched alkanes of at least 4 members (excludes halogenated alkanes) is 1. The molecule has 27 heavy (non-hydrogen) atoms. The number of aryl methyl sites for hydroxylation is 2. The zero-order valence-electron chi connectivity index (χ0n) is 16.3. The number of hydrogen-bond donors (Lipinski definition) is 0. The molecule has 1 aromatic heterocycles. The van der Waals surface area contributed by atoms with Crippen LogP contribution in [0.15, 0.2) is 23.1 Å². The molecule has 0 spiro atoms. The summed E-state index contributed by atoms with van der Waals surface area (Å²) in [6, 6.07) is 5.10. The van der Waals surface area contributed by atoms with E-state index < -0.39 is 10.0 Å². The van der Waals surface area contributed by atoms with Gasteiger partial charge in [-0.15, -0.1) is 0 Å². The largest absolute Gasteiger partial charge is 0.343 e. The predicted octanol–water partition coefficient (Wildman–Crippen LogP) is 2.25. The second kappa shape index (κ2) is 7.98. The molecule has 0 aliphatic carbocycles. The van der Waals surface area contributed by atoms with Gasteiger partial charge in [-0.25, -0.2) is 17.7 Å². The number of likely N-dealkylation sites (tertiary alicyclic amines) is 1. The minimum absolute atomic E-state index is 0.172. The highest BCUT2D eigenvalue weighted by Crippen LogP contribution is 2.23. The molecule has 1 aliphatic heterocycles. The van der Waals surface area contributed by atoms with Gasteiger partial charge in [-0.2, -0.15) is 0 Å². The van der Waals surface area contributed by atoms with Gasteiger partial charge >= 0.3 is 0 Å². The zero-order valence-corrected chi connectivity index (χ0v) is 17.1. The van der Waals surface area contributed by atoms with Crippen molar-refractivity contribution >= 4 is 27.0 Å². The van der Waals surface area contributed by atoms with E-state index >= 15 is 0 Å². The van der Waals surface area contributed by atoms with Gasteiger partial charge in [0.05, 0.1) is 15.9 Å². The van der Waals surface area contributed by atoms with Crippen molar-refractivity contribution < 1.29 is 13.2 Å². The van der Waals surface area contributed by atoms with Crippen molar-refractivity contribution in [3.63, 3.8) is 0 Å². The summed E-state index contributed by atoms with van der Waals surface area (Å²) >= 11 is 0. The number of carbonyl (C=O) groups excluding carboxylic acids is 1. The number of nitrogens with zero attached hydrogens (tertiary/aromatic N) is 4. The molecule has 0 saturated carbocycles. The van der Waals surface area contributed by atoms with E-state index in [1.54, 1.807) is 12.1 Å². The maximum absolute atomic E-state index is 12.4. The summed E-state index contributed by atoms with van der Waals surface area (Å²) in [6.07, 6.45) is 4.17. The Labute approximate surface area is 161 Å². The Kier molecular flexibility index (Phi) is 5.86. The smallest absolute Gasteiger partial charge is 0.242 e. The van der Waals surface area contributed by atoms with Gasteiger partial charge in [-0.3, -0.25) is 4.79 Å².